The van der Waals surface area contributed by atoms with Crippen LogP contribution in [0.1, 0.15) is 11.1 Å². The van der Waals surface area contributed by atoms with Crippen LogP contribution < -0.4 is 14.5 Å². The summed E-state index contributed by atoms with van der Waals surface area (Å²) in [4.78, 5) is 12.2. The van der Waals surface area contributed by atoms with Gasteiger partial charge < -0.3 is 14.5 Å². The molecule has 0 bridgehead atoms. The molecule has 0 atom stereocenters. The summed E-state index contributed by atoms with van der Waals surface area (Å²) in [5.41, 5.74) is -0.948. The van der Waals surface area contributed by atoms with Crippen molar-refractivity contribution >= 4 is 11.6 Å². The van der Waals surface area contributed by atoms with Crippen molar-refractivity contribution in [1.29, 1.82) is 5.26 Å². The number of nitrogens with zero attached hydrogens (tertiary/aromatic N) is 5. The third kappa shape index (κ3) is 3.49. The third-order valence-corrected chi connectivity index (χ3v) is 4.19. The van der Waals surface area contributed by atoms with Gasteiger partial charge in [0.05, 0.1) is 23.9 Å². The lowest BCUT2D eigenvalue weighted by molar-refractivity contribution is -0.137. The van der Waals surface area contributed by atoms with E-state index in [1.54, 1.807) is 29.3 Å². The number of halogens is 3. The van der Waals surface area contributed by atoms with Gasteiger partial charge in [0.15, 0.2) is 0 Å². The molecule has 1 saturated heterocycles. The van der Waals surface area contributed by atoms with Crippen molar-refractivity contribution < 1.29 is 17.9 Å². The molecule has 2 aromatic rings. The molecule has 3 rings (SSSR count). The van der Waals surface area contributed by atoms with E-state index in [-0.39, 0.29) is 5.56 Å². The van der Waals surface area contributed by atoms with Crippen molar-refractivity contribution in [3.8, 4) is 11.9 Å². The van der Waals surface area contributed by atoms with Gasteiger partial charge in [-0.3, -0.25) is 0 Å². The van der Waals surface area contributed by atoms with E-state index in [1.807, 2.05) is 4.90 Å². The number of ether oxygens (including phenoxy) is 1. The maximum absolute atomic E-state index is 13.1. The minimum atomic E-state index is -4.56. The zero-order valence-corrected chi connectivity index (χ0v) is 14.0. The number of nitriles is 1. The minimum absolute atomic E-state index is 0.300. The van der Waals surface area contributed by atoms with Crippen LogP contribution in [0.4, 0.5) is 24.8 Å². The van der Waals surface area contributed by atoms with Gasteiger partial charge in [-0.25, -0.2) is 4.98 Å². The zero-order chi connectivity index (χ0) is 18.7. The summed E-state index contributed by atoms with van der Waals surface area (Å²) in [6.07, 6.45) is -2.97. The van der Waals surface area contributed by atoms with E-state index in [4.69, 9.17) is 4.74 Å². The van der Waals surface area contributed by atoms with E-state index in [0.717, 1.165) is 6.07 Å². The largest absolute Gasteiger partial charge is 0.481 e. The van der Waals surface area contributed by atoms with E-state index >= 15 is 0 Å². The van der Waals surface area contributed by atoms with Crippen LogP contribution in [0.2, 0.25) is 0 Å². The molecule has 0 radical (unpaired) electrons. The van der Waals surface area contributed by atoms with Crippen molar-refractivity contribution in [3.05, 3.63) is 41.6 Å². The molecule has 136 valence electrons. The van der Waals surface area contributed by atoms with Gasteiger partial charge in [0.2, 0.25) is 11.8 Å². The second-order valence-electron chi connectivity index (χ2n) is 5.68. The van der Waals surface area contributed by atoms with E-state index in [9.17, 15) is 18.4 Å². The fourth-order valence-electron chi connectivity index (χ4n) is 2.90. The van der Waals surface area contributed by atoms with Crippen LogP contribution in [-0.4, -0.2) is 43.3 Å². The Labute approximate surface area is 148 Å². The predicted octanol–water partition coefficient (Wildman–Crippen LogP) is 2.70. The molecule has 1 aromatic heterocycles. The van der Waals surface area contributed by atoms with Crippen LogP contribution in [-0.2, 0) is 6.18 Å². The summed E-state index contributed by atoms with van der Waals surface area (Å²) in [6.45, 7) is 1.95. The van der Waals surface area contributed by atoms with Gasteiger partial charge >= 0.3 is 6.18 Å². The predicted molar refractivity (Wildman–Crippen MR) is 89.2 cm³/mol. The molecular formula is C17H16F3N5O. The van der Waals surface area contributed by atoms with Crippen LogP contribution in [0, 0.1) is 11.3 Å². The molecule has 9 heteroatoms. The average molecular weight is 363 g/mol. The van der Waals surface area contributed by atoms with E-state index in [0.29, 0.717) is 43.7 Å². The lowest BCUT2D eigenvalue weighted by atomic mass is 10.0. The molecule has 1 fully saturated rings. The standard InChI is InChI=1S/C17H16F3N5O/c1-26-15-5-6-22-16(23-15)25-9-7-24(8-10-25)14-4-2-3-13(12(14)11-21)17(18,19)20/h2-6H,7-10H2,1H3. The number of hydrogen-bond donors (Lipinski definition) is 0. The number of aromatic nitrogens is 2. The topological polar surface area (TPSA) is 65.3 Å². The second kappa shape index (κ2) is 7.07. The molecule has 0 spiro atoms. The smallest absolute Gasteiger partial charge is 0.417 e. The van der Waals surface area contributed by atoms with Crippen LogP contribution in [0.5, 0.6) is 5.88 Å². The van der Waals surface area contributed by atoms with E-state index in [2.05, 4.69) is 9.97 Å². The van der Waals surface area contributed by atoms with Gasteiger partial charge in [-0.2, -0.15) is 23.4 Å². The van der Waals surface area contributed by atoms with Gasteiger partial charge in [0, 0.05) is 38.4 Å². The Kier molecular flexibility index (Phi) is 4.84. The first kappa shape index (κ1) is 17.8. The second-order valence-corrected chi connectivity index (χ2v) is 5.68. The van der Waals surface area contributed by atoms with Crippen LogP contribution in [0.3, 0.4) is 0 Å². The molecular weight excluding hydrogens is 347 g/mol. The normalized spacial score (nSPS) is 14.9. The first-order valence-corrected chi connectivity index (χ1v) is 7.91. The van der Waals surface area contributed by atoms with E-state index < -0.39 is 11.7 Å². The number of methoxy groups -OCH3 is 1. The Balaban J connectivity index is 1.79. The quantitative estimate of drug-likeness (QED) is 0.835. The summed E-state index contributed by atoms with van der Waals surface area (Å²) in [5.74, 6) is 0.954. The summed E-state index contributed by atoms with van der Waals surface area (Å²) in [6, 6.07) is 7.16. The van der Waals surface area contributed by atoms with Gasteiger partial charge in [0.25, 0.3) is 0 Å². The highest BCUT2D eigenvalue weighted by atomic mass is 19.4. The molecule has 0 unspecified atom stereocenters. The average Bonchev–Trinajstić information content (AvgIpc) is 2.66. The first-order chi connectivity index (χ1) is 12.4. The van der Waals surface area contributed by atoms with Crippen LogP contribution >= 0.6 is 0 Å². The molecule has 6 nitrogen and oxygen atoms in total. The van der Waals surface area contributed by atoms with Crippen molar-refractivity contribution in [2.75, 3.05) is 43.1 Å². The number of alkyl halides is 3. The Morgan fingerprint density at radius 2 is 1.81 bits per heavy atom. The first-order valence-electron chi connectivity index (χ1n) is 7.91. The third-order valence-electron chi connectivity index (χ3n) is 4.19. The summed E-state index contributed by atoms with van der Waals surface area (Å²) in [5, 5.41) is 9.26. The summed E-state index contributed by atoms with van der Waals surface area (Å²) < 4.78 is 44.5. The lowest BCUT2D eigenvalue weighted by Crippen LogP contribution is -2.47. The molecule has 1 aromatic carbocycles. The molecule has 26 heavy (non-hydrogen) atoms. The van der Waals surface area contributed by atoms with Crippen molar-refractivity contribution in [2.45, 2.75) is 6.18 Å². The van der Waals surface area contributed by atoms with Gasteiger partial charge in [-0.05, 0) is 12.1 Å². The molecule has 1 aliphatic rings. The number of anilines is 2. The van der Waals surface area contributed by atoms with Crippen molar-refractivity contribution in [2.24, 2.45) is 0 Å². The minimum Gasteiger partial charge on any atom is -0.481 e. The Morgan fingerprint density at radius 3 is 2.42 bits per heavy atom. The molecule has 2 heterocycles. The van der Waals surface area contributed by atoms with Crippen LogP contribution in [0.25, 0.3) is 0 Å². The van der Waals surface area contributed by atoms with Gasteiger partial charge in [-0.15, -0.1) is 0 Å². The highest BCUT2D eigenvalue weighted by Crippen LogP contribution is 2.36. The fraction of sp³-hybridized carbons (Fsp3) is 0.353. The Hall–Kier alpha value is -3.02. The summed E-state index contributed by atoms with van der Waals surface area (Å²) >= 11 is 0. The van der Waals surface area contributed by atoms with Crippen molar-refractivity contribution in [3.63, 3.8) is 0 Å². The van der Waals surface area contributed by atoms with Crippen LogP contribution in [0.15, 0.2) is 30.5 Å². The monoisotopic (exact) mass is 363 g/mol. The highest BCUT2D eigenvalue weighted by molar-refractivity contribution is 5.64. The van der Waals surface area contributed by atoms with E-state index in [1.165, 1.54) is 13.2 Å². The number of piperazine rings is 1. The molecule has 0 aliphatic carbocycles. The molecule has 0 N–H and O–H groups in total. The fourth-order valence-corrected chi connectivity index (χ4v) is 2.90. The zero-order valence-electron chi connectivity index (χ0n) is 14.0. The van der Waals surface area contributed by atoms with Gasteiger partial charge in [-0.1, -0.05) is 6.07 Å². The Morgan fingerprint density at radius 1 is 1.12 bits per heavy atom. The van der Waals surface area contributed by atoms with Gasteiger partial charge in [0.1, 0.15) is 6.07 Å². The maximum Gasteiger partial charge on any atom is 0.417 e. The lowest BCUT2D eigenvalue weighted by Gasteiger charge is -2.36. The number of rotatable bonds is 3. The molecule has 0 saturated carbocycles. The SMILES string of the molecule is COc1ccnc(N2CCN(c3cccc(C(F)(F)F)c3C#N)CC2)n1. The maximum atomic E-state index is 13.1. The molecule has 1 aliphatic heterocycles. The highest BCUT2D eigenvalue weighted by Gasteiger charge is 2.35. The summed E-state index contributed by atoms with van der Waals surface area (Å²) in [7, 11) is 1.51. The number of benzene rings is 1. The molecule has 0 amide bonds. The Bertz CT molecular complexity index is 826. The number of hydrogen-bond acceptors (Lipinski definition) is 6. The van der Waals surface area contributed by atoms with Crippen molar-refractivity contribution in [1.82, 2.24) is 9.97 Å².